The van der Waals surface area contributed by atoms with Gasteiger partial charge >= 0.3 is 12.0 Å². The fourth-order valence-electron chi connectivity index (χ4n) is 2.08. The molecule has 0 heterocycles. The van der Waals surface area contributed by atoms with Gasteiger partial charge in [0.2, 0.25) is 0 Å². The van der Waals surface area contributed by atoms with Crippen molar-refractivity contribution in [2.45, 2.75) is 18.9 Å². The molecule has 0 aliphatic heterocycles. The van der Waals surface area contributed by atoms with Gasteiger partial charge in [0.15, 0.2) is 0 Å². The van der Waals surface area contributed by atoms with Gasteiger partial charge in [-0.05, 0) is 25.0 Å². The second-order valence-corrected chi connectivity index (χ2v) is 4.80. The summed E-state index contributed by atoms with van der Waals surface area (Å²) in [6.45, 7) is 0.187. The molecule has 7 heteroatoms. The summed E-state index contributed by atoms with van der Waals surface area (Å²) < 4.78 is 5.01. The molecule has 0 unspecified atom stereocenters. The van der Waals surface area contributed by atoms with Crippen molar-refractivity contribution in [3.63, 3.8) is 0 Å². The van der Waals surface area contributed by atoms with Crippen LogP contribution in [0.3, 0.4) is 0 Å². The van der Waals surface area contributed by atoms with Crippen molar-refractivity contribution in [2.24, 2.45) is 0 Å². The predicted molar refractivity (Wildman–Crippen MR) is 75.8 cm³/mol. The summed E-state index contributed by atoms with van der Waals surface area (Å²) in [6, 6.07) is 4.22. The van der Waals surface area contributed by atoms with E-state index in [4.69, 9.17) is 14.9 Å². The topological polar surface area (TPSA) is 99.1 Å². The number of carboxylic acids is 1. The third-order valence-corrected chi connectivity index (χ3v) is 3.27. The molecule has 21 heavy (non-hydrogen) atoms. The number of hydrogen-bond donors (Lipinski definition) is 3. The Kier molecular flexibility index (Phi) is 4.64. The van der Waals surface area contributed by atoms with Gasteiger partial charge in [0.1, 0.15) is 11.3 Å². The molecule has 0 radical (unpaired) electrons. The lowest BCUT2D eigenvalue weighted by molar-refractivity contribution is 0.0693. The van der Waals surface area contributed by atoms with Crippen LogP contribution in [0.5, 0.6) is 5.75 Å². The zero-order valence-corrected chi connectivity index (χ0v) is 11.7. The van der Waals surface area contributed by atoms with E-state index in [-0.39, 0.29) is 36.5 Å². The number of urea groups is 1. The molecule has 0 aromatic heterocycles. The van der Waals surface area contributed by atoms with Crippen LogP contribution in [0.1, 0.15) is 23.2 Å². The molecule has 2 amide bonds. The van der Waals surface area contributed by atoms with Crippen LogP contribution < -0.4 is 10.1 Å². The molecule has 114 valence electrons. The van der Waals surface area contributed by atoms with E-state index in [1.807, 2.05) is 0 Å². The number of rotatable bonds is 6. The number of aliphatic hydroxyl groups excluding tert-OH is 1. The predicted octanol–water partition coefficient (Wildman–Crippen LogP) is 1.38. The lowest BCUT2D eigenvalue weighted by atomic mass is 10.2. The zero-order valence-electron chi connectivity index (χ0n) is 11.7. The number of nitrogens with one attached hydrogen (secondary N) is 1. The van der Waals surface area contributed by atoms with Gasteiger partial charge in [0.25, 0.3) is 0 Å². The maximum Gasteiger partial charge on any atom is 0.339 e. The summed E-state index contributed by atoms with van der Waals surface area (Å²) in [5.41, 5.74) is 0.482. The highest BCUT2D eigenvalue weighted by Crippen LogP contribution is 2.28. The minimum atomic E-state index is -1.09. The lowest BCUT2D eigenvalue weighted by Crippen LogP contribution is -2.38. The number of aliphatic hydroxyl groups is 1. The van der Waals surface area contributed by atoms with Gasteiger partial charge in [0.05, 0.1) is 13.7 Å². The quantitative estimate of drug-likeness (QED) is 0.736. The SMILES string of the molecule is COc1cc(NC(=O)N(CCO)C2CC2)ccc1C(=O)O. The van der Waals surface area contributed by atoms with Crippen molar-refractivity contribution in [2.75, 3.05) is 25.6 Å². The van der Waals surface area contributed by atoms with Crippen molar-refractivity contribution in [1.29, 1.82) is 0 Å². The average Bonchev–Trinajstić information content (AvgIpc) is 3.28. The molecule has 0 spiro atoms. The van der Waals surface area contributed by atoms with Crippen LogP contribution in [0.25, 0.3) is 0 Å². The summed E-state index contributed by atoms with van der Waals surface area (Å²) in [5.74, 6) is -0.912. The number of nitrogens with zero attached hydrogens (tertiary/aromatic N) is 1. The van der Waals surface area contributed by atoms with Gasteiger partial charge in [-0.25, -0.2) is 9.59 Å². The van der Waals surface area contributed by atoms with Gasteiger partial charge < -0.3 is 25.2 Å². The fourth-order valence-corrected chi connectivity index (χ4v) is 2.08. The Morgan fingerprint density at radius 1 is 1.43 bits per heavy atom. The van der Waals surface area contributed by atoms with Crippen molar-refractivity contribution >= 4 is 17.7 Å². The molecule has 0 atom stereocenters. The van der Waals surface area contributed by atoms with Crippen molar-refractivity contribution in [1.82, 2.24) is 4.90 Å². The summed E-state index contributed by atoms with van der Waals surface area (Å²) in [6.07, 6.45) is 1.88. The Morgan fingerprint density at radius 2 is 2.14 bits per heavy atom. The van der Waals surface area contributed by atoms with E-state index in [0.717, 1.165) is 12.8 Å². The van der Waals surface area contributed by atoms with Crippen molar-refractivity contribution in [3.05, 3.63) is 23.8 Å². The van der Waals surface area contributed by atoms with E-state index in [1.54, 1.807) is 4.90 Å². The molecule has 1 aromatic carbocycles. The number of anilines is 1. The number of ether oxygens (including phenoxy) is 1. The number of carboxylic acid groups (broad SMARTS) is 1. The number of carbonyl (C=O) groups is 2. The van der Waals surface area contributed by atoms with Gasteiger partial charge in [-0.1, -0.05) is 0 Å². The Balaban J connectivity index is 2.11. The lowest BCUT2D eigenvalue weighted by Gasteiger charge is -2.22. The molecule has 0 bridgehead atoms. The first kappa shape index (κ1) is 15.1. The van der Waals surface area contributed by atoms with Crippen molar-refractivity contribution < 1.29 is 24.5 Å². The summed E-state index contributed by atoms with van der Waals surface area (Å²) >= 11 is 0. The molecule has 7 nitrogen and oxygen atoms in total. The standard InChI is InChI=1S/C14H18N2O5/c1-21-12-8-9(2-5-11(12)13(18)19)15-14(20)16(6-7-17)10-3-4-10/h2,5,8,10,17H,3-4,6-7H2,1H3,(H,15,20)(H,18,19). The normalized spacial score (nSPS) is 13.6. The minimum absolute atomic E-state index is 0.0323. The van der Waals surface area contributed by atoms with Crippen LogP contribution in [0.15, 0.2) is 18.2 Å². The third-order valence-electron chi connectivity index (χ3n) is 3.27. The van der Waals surface area contributed by atoms with E-state index in [1.165, 1.54) is 25.3 Å². The van der Waals surface area contributed by atoms with Gasteiger partial charge in [-0.15, -0.1) is 0 Å². The van der Waals surface area contributed by atoms with E-state index >= 15 is 0 Å². The second kappa shape index (κ2) is 6.45. The third kappa shape index (κ3) is 3.63. The highest BCUT2D eigenvalue weighted by Gasteiger charge is 2.32. The smallest absolute Gasteiger partial charge is 0.339 e. The van der Waals surface area contributed by atoms with Crippen molar-refractivity contribution in [3.8, 4) is 5.75 Å². The zero-order chi connectivity index (χ0) is 15.4. The number of hydrogen-bond acceptors (Lipinski definition) is 4. The van der Waals surface area contributed by atoms with Crippen LogP contribution in [-0.2, 0) is 0 Å². The molecule has 1 fully saturated rings. The average molecular weight is 294 g/mol. The molecule has 3 N–H and O–H groups in total. The molecule has 0 saturated heterocycles. The maximum absolute atomic E-state index is 12.1. The van der Waals surface area contributed by atoms with E-state index in [0.29, 0.717) is 5.69 Å². The molecule has 1 aliphatic carbocycles. The Labute approximate surface area is 122 Å². The summed E-state index contributed by atoms with van der Waals surface area (Å²) in [4.78, 5) is 24.7. The van der Waals surface area contributed by atoms with Gasteiger partial charge in [0, 0.05) is 24.3 Å². The van der Waals surface area contributed by atoms with Crippen LogP contribution in [-0.4, -0.2) is 53.4 Å². The highest BCUT2D eigenvalue weighted by atomic mass is 16.5. The van der Waals surface area contributed by atoms with Crippen LogP contribution in [0, 0.1) is 0 Å². The molecular formula is C14H18N2O5. The maximum atomic E-state index is 12.1. The second-order valence-electron chi connectivity index (χ2n) is 4.80. The Hall–Kier alpha value is -2.28. The monoisotopic (exact) mass is 294 g/mol. The molecule has 1 aromatic rings. The van der Waals surface area contributed by atoms with Gasteiger partial charge in [-0.3, -0.25) is 0 Å². The van der Waals surface area contributed by atoms with E-state index in [9.17, 15) is 9.59 Å². The number of aromatic carboxylic acids is 1. The minimum Gasteiger partial charge on any atom is -0.496 e. The molecule has 1 saturated carbocycles. The van der Waals surface area contributed by atoms with Crippen LogP contribution >= 0.6 is 0 Å². The Bertz CT molecular complexity index is 542. The number of amides is 2. The number of methoxy groups -OCH3 is 1. The number of benzene rings is 1. The number of carbonyl (C=O) groups excluding carboxylic acids is 1. The van der Waals surface area contributed by atoms with E-state index < -0.39 is 5.97 Å². The Morgan fingerprint density at radius 3 is 2.67 bits per heavy atom. The first-order valence-corrected chi connectivity index (χ1v) is 6.66. The fraction of sp³-hybridized carbons (Fsp3) is 0.429. The summed E-state index contributed by atoms with van der Waals surface area (Å²) in [5, 5.41) is 20.7. The largest absolute Gasteiger partial charge is 0.496 e. The van der Waals surface area contributed by atoms with Crippen LogP contribution in [0.4, 0.5) is 10.5 Å². The molecule has 1 aliphatic rings. The van der Waals surface area contributed by atoms with Crippen LogP contribution in [0.2, 0.25) is 0 Å². The molecular weight excluding hydrogens is 276 g/mol. The molecule has 2 rings (SSSR count). The summed E-state index contributed by atoms with van der Waals surface area (Å²) in [7, 11) is 1.37. The highest BCUT2D eigenvalue weighted by molar-refractivity contribution is 5.94. The van der Waals surface area contributed by atoms with Gasteiger partial charge in [-0.2, -0.15) is 0 Å². The first-order chi connectivity index (χ1) is 10.1. The first-order valence-electron chi connectivity index (χ1n) is 6.66. The van der Waals surface area contributed by atoms with E-state index in [2.05, 4.69) is 5.32 Å².